The second-order valence-corrected chi connectivity index (χ2v) is 5.69. The number of rotatable bonds is 5. The lowest BCUT2D eigenvalue weighted by molar-refractivity contribution is -0.127. The first-order valence-electron chi connectivity index (χ1n) is 7.48. The largest absolute Gasteiger partial charge is 0.355 e. The summed E-state index contributed by atoms with van der Waals surface area (Å²) in [5.41, 5.74) is 0. The normalized spacial score (nSPS) is 29.9. The lowest BCUT2D eigenvalue weighted by Gasteiger charge is -2.40. The molecule has 2 heterocycles. The molecule has 104 valence electrons. The predicted molar refractivity (Wildman–Crippen MR) is 73.5 cm³/mol. The molecule has 0 radical (unpaired) electrons. The van der Waals surface area contributed by atoms with Crippen LogP contribution in [0.15, 0.2) is 0 Å². The van der Waals surface area contributed by atoms with Crippen LogP contribution >= 0.6 is 0 Å². The third-order valence-corrected chi connectivity index (χ3v) is 4.43. The molecule has 0 saturated carbocycles. The van der Waals surface area contributed by atoms with Crippen molar-refractivity contribution in [1.29, 1.82) is 0 Å². The number of carbonyl (C=O) groups is 1. The van der Waals surface area contributed by atoms with Crippen molar-refractivity contribution in [3.8, 4) is 0 Å². The van der Waals surface area contributed by atoms with Crippen molar-refractivity contribution in [1.82, 2.24) is 15.5 Å². The Balaban J connectivity index is 1.86. The number of fused-ring (bicyclic) bond motifs is 1. The second kappa shape index (κ2) is 6.53. The maximum Gasteiger partial charge on any atom is 0.237 e. The number of hydrogen-bond acceptors (Lipinski definition) is 3. The summed E-state index contributed by atoms with van der Waals surface area (Å²) in [6.45, 7) is 8.28. The van der Waals surface area contributed by atoms with Crippen LogP contribution in [0, 0.1) is 5.92 Å². The van der Waals surface area contributed by atoms with Crippen molar-refractivity contribution < 1.29 is 4.79 Å². The molecule has 2 rings (SSSR count). The Hall–Kier alpha value is -0.610. The third kappa shape index (κ3) is 3.04. The fourth-order valence-corrected chi connectivity index (χ4v) is 3.27. The summed E-state index contributed by atoms with van der Waals surface area (Å²) in [4.78, 5) is 14.5. The van der Waals surface area contributed by atoms with Gasteiger partial charge in [-0.2, -0.15) is 0 Å². The van der Waals surface area contributed by atoms with Crippen molar-refractivity contribution in [3.05, 3.63) is 0 Å². The molecule has 2 saturated heterocycles. The molecule has 2 aliphatic heterocycles. The molecular weight excluding hydrogens is 226 g/mol. The van der Waals surface area contributed by atoms with Gasteiger partial charge in [0.05, 0.1) is 6.04 Å². The topological polar surface area (TPSA) is 44.4 Å². The summed E-state index contributed by atoms with van der Waals surface area (Å²) in [6, 6.07) is 0.597. The summed E-state index contributed by atoms with van der Waals surface area (Å²) in [5, 5.41) is 6.53. The van der Waals surface area contributed by atoms with Gasteiger partial charge in [-0.1, -0.05) is 13.3 Å². The van der Waals surface area contributed by atoms with E-state index in [-0.39, 0.29) is 11.9 Å². The molecule has 2 N–H and O–H groups in total. The molecule has 2 aliphatic rings. The molecule has 1 amide bonds. The SMILES string of the molecule is CCCCNC(=O)C(C)N1CCCC2CNCC21. The van der Waals surface area contributed by atoms with E-state index in [1.807, 2.05) is 0 Å². The molecular formula is C14H27N3O. The Kier molecular flexibility index (Phi) is 5.01. The van der Waals surface area contributed by atoms with Crippen molar-refractivity contribution in [3.63, 3.8) is 0 Å². The Morgan fingerprint density at radius 2 is 2.33 bits per heavy atom. The van der Waals surface area contributed by atoms with Crippen molar-refractivity contribution in [2.24, 2.45) is 5.92 Å². The Bertz CT molecular complexity index is 282. The Labute approximate surface area is 110 Å². The summed E-state index contributed by atoms with van der Waals surface area (Å²) in [5.74, 6) is 0.959. The smallest absolute Gasteiger partial charge is 0.237 e. The van der Waals surface area contributed by atoms with Crippen LogP contribution in [0.3, 0.4) is 0 Å². The Morgan fingerprint density at radius 1 is 1.50 bits per heavy atom. The van der Waals surface area contributed by atoms with Crippen LogP contribution in [0.25, 0.3) is 0 Å². The van der Waals surface area contributed by atoms with Gasteiger partial charge in [0.15, 0.2) is 0 Å². The molecule has 4 nitrogen and oxygen atoms in total. The first kappa shape index (κ1) is 13.8. The highest BCUT2D eigenvalue weighted by molar-refractivity contribution is 5.81. The highest BCUT2D eigenvalue weighted by Gasteiger charge is 2.38. The zero-order valence-corrected chi connectivity index (χ0v) is 11.7. The number of amides is 1. The highest BCUT2D eigenvalue weighted by Crippen LogP contribution is 2.27. The number of carbonyl (C=O) groups excluding carboxylic acids is 1. The molecule has 0 aromatic carbocycles. The number of hydrogen-bond donors (Lipinski definition) is 2. The van der Waals surface area contributed by atoms with E-state index in [0.717, 1.165) is 44.9 Å². The van der Waals surface area contributed by atoms with E-state index in [1.165, 1.54) is 12.8 Å². The fraction of sp³-hybridized carbons (Fsp3) is 0.929. The standard InChI is InChI=1S/C14H27N3O/c1-3-4-7-16-14(18)11(2)17-8-5-6-12-9-15-10-13(12)17/h11-13,15H,3-10H2,1-2H3,(H,16,18). The van der Waals surface area contributed by atoms with Crippen LogP contribution in [0.1, 0.15) is 39.5 Å². The number of piperidine rings is 1. The van der Waals surface area contributed by atoms with Gasteiger partial charge in [0.1, 0.15) is 0 Å². The summed E-state index contributed by atoms with van der Waals surface area (Å²) < 4.78 is 0. The van der Waals surface area contributed by atoms with Gasteiger partial charge < -0.3 is 10.6 Å². The molecule has 18 heavy (non-hydrogen) atoms. The minimum atomic E-state index is 0.0227. The predicted octanol–water partition coefficient (Wildman–Crippen LogP) is 0.975. The molecule has 0 spiro atoms. The van der Waals surface area contributed by atoms with Gasteiger partial charge in [-0.15, -0.1) is 0 Å². The minimum absolute atomic E-state index is 0.0227. The summed E-state index contributed by atoms with van der Waals surface area (Å²) in [6.07, 6.45) is 4.76. The van der Waals surface area contributed by atoms with Gasteiger partial charge in [-0.3, -0.25) is 9.69 Å². The number of unbranched alkanes of at least 4 members (excludes halogenated alkanes) is 1. The van der Waals surface area contributed by atoms with Crippen LogP contribution in [-0.2, 0) is 4.79 Å². The monoisotopic (exact) mass is 253 g/mol. The molecule has 0 aromatic rings. The summed E-state index contributed by atoms with van der Waals surface area (Å²) >= 11 is 0. The third-order valence-electron chi connectivity index (χ3n) is 4.43. The average molecular weight is 253 g/mol. The van der Waals surface area contributed by atoms with Gasteiger partial charge >= 0.3 is 0 Å². The second-order valence-electron chi connectivity index (χ2n) is 5.69. The van der Waals surface area contributed by atoms with Crippen LogP contribution in [0.5, 0.6) is 0 Å². The molecule has 3 atom stereocenters. The van der Waals surface area contributed by atoms with E-state index in [4.69, 9.17) is 0 Å². The molecule has 3 unspecified atom stereocenters. The number of nitrogens with one attached hydrogen (secondary N) is 2. The van der Waals surface area contributed by atoms with Gasteiger partial charge in [-0.25, -0.2) is 0 Å². The van der Waals surface area contributed by atoms with Crippen LogP contribution in [0.2, 0.25) is 0 Å². The van der Waals surface area contributed by atoms with Gasteiger partial charge in [0.25, 0.3) is 0 Å². The zero-order valence-electron chi connectivity index (χ0n) is 11.7. The molecule has 0 aliphatic carbocycles. The first-order chi connectivity index (χ1) is 8.74. The van der Waals surface area contributed by atoms with E-state index in [2.05, 4.69) is 29.4 Å². The van der Waals surface area contributed by atoms with Crippen LogP contribution < -0.4 is 10.6 Å². The van der Waals surface area contributed by atoms with Gasteiger partial charge in [-0.05, 0) is 45.2 Å². The van der Waals surface area contributed by atoms with Gasteiger partial charge in [0.2, 0.25) is 5.91 Å². The van der Waals surface area contributed by atoms with Crippen molar-refractivity contribution >= 4 is 5.91 Å². The fourth-order valence-electron chi connectivity index (χ4n) is 3.27. The van der Waals surface area contributed by atoms with Crippen molar-refractivity contribution in [2.75, 3.05) is 26.2 Å². The maximum atomic E-state index is 12.1. The average Bonchev–Trinajstić information content (AvgIpc) is 2.86. The van der Waals surface area contributed by atoms with Crippen LogP contribution in [0.4, 0.5) is 0 Å². The van der Waals surface area contributed by atoms with E-state index >= 15 is 0 Å². The maximum absolute atomic E-state index is 12.1. The van der Waals surface area contributed by atoms with Crippen LogP contribution in [-0.4, -0.2) is 49.1 Å². The highest BCUT2D eigenvalue weighted by atomic mass is 16.2. The Morgan fingerprint density at radius 3 is 3.11 bits per heavy atom. The van der Waals surface area contributed by atoms with E-state index in [9.17, 15) is 4.79 Å². The lowest BCUT2D eigenvalue weighted by Crippen LogP contribution is -2.54. The number of likely N-dealkylation sites (tertiary alicyclic amines) is 1. The first-order valence-corrected chi connectivity index (χ1v) is 7.48. The number of nitrogens with zero attached hydrogens (tertiary/aromatic N) is 1. The molecule has 2 fully saturated rings. The van der Waals surface area contributed by atoms with Gasteiger partial charge in [0, 0.05) is 19.1 Å². The molecule has 4 heteroatoms. The molecule has 0 bridgehead atoms. The van der Waals surface area contributed by atoms with E-state index in [0.29, 0.717) is 6.04 Å². The minimum Gasteiger partial charge on any atom is -0.355 e. The lowest BCUT2D eigenvalue weighted by atomic mass is 9.91. The quantitative estimate of drug-likeness (QED) is 0.718. The van der Waals surface area contributed by atoms with Crippen molar-refractivity contribution in [2.45, 2.75) is 51.6 Å². The summed E-state index contributed by atoms with van der Waals surface area (Å²) in [7, 11) is 0. The zero-order chi connectivity index (χ0) is 13.0. The molecule has 0 aromatic heterocycles. The van der Waals surface area contributed by atoms with E-state index < -0.39 is 0 Å². The van der Waals surface area contributed by atoms with E-state index in [1.54, 1.807) is 0 Å².